The number of carbonyl (C=O) groups is 2. The van der Waals surface area contributed by atoms with Crippen molar-refractivity contribution in [2.24, 2.45) is 11.7 Å². The van der Waals surface area contributed by atoms with Gasteiger partial charge in [-0.05, 0) is 25.1 Å². The number of rotatable bonds is 7. The Bertz CT molecular complexity index is 576. The molecule has 0 saturated carbocycles. The molecule has 1 atom stereocenters. The first kappa shape index (κ1) is 17.1. The second kappa shape index (κ2) is 7.82. The number of ether oxygens (including phenoxy) is 2. The lowest BCUT2D eigenvalue weighted by Gasteiger charge is -2.20. The van der Waals surface area contributed by atoms with Crippen LogP contribution in [0.2, 0.25) is 0 Å². The summed E-state index contributed by atoms with van der Waals surface area (Å²) >= 11 is 0. The van der Waals surface area contributed by atoms with Gasteiger partial charge in [0.25, 0.3) is 0 Å². The minimum Gasteiger partial charge on any atom is -0.497 e. The van der Waals surface area contributed by atoms with Crippen LogP contribution in [-0.4, -0.2) is 45.7 Å². The molecule has 126 valence electrons. The molecule has 1 saturated heterocycles. The van der Waals surface area contributed by atoms with Crippen molar-refractivity contribution >= 4 is 17.5 Å². The van der Waals surface area contributed by atoms with Crippen LogP contribution in [0.1, 0.15) is 12.8 Å². The predicted molar refractivity (Wildman–Crippen MR) is 86.7 cm³/mol. The Morgan fingerprint density at radius 3 is 2.83 bits per heavy atom. The molecule has 1 aromatic carbocycles. The molecule has 7 heteroatoms. The van der Waals surface area contributed by atoms with Crippen LogP contribution >= 0.6 is 0 Å². The molecule has 1 heterocycles. The molecule has 1 fully saturated rings. The van der Waals surface area contributed by atoms with Gasteiger partial charge in [-0.1, -0.05) is 0 Å². The third-order valence-electron chi connectivity index (χ3n) is 3.85. The van der Waals surface area contributed by atoms with Crippen LogP contribution < -0.4 is 25.4 Å². The Morgan fingerprint density at radius 1 is 1.39 bits per heavy atom. The SMILES string of the molecule is COc1ccc(N2CC(C(=O)NCCCN)CC2=O)c(OC)c1. The van der Waals surface area contributed by atoms with Crippen LogP contribution in [0.25, 0.3) is 0 Å². The average molecular weight is 321 g/mol. The molecule has 23 heavy (non-hydrogen) atoms. The number of carbonyl (C=O) groups excluding carboxylic acids is 2. The van der Waals surface area contributed by atoms with E-state index >= 15 is 0 Å². The second-order valence-electron chi connectivity index (χ2n) is 5.38. The fourth-order valence-electron chi connectivity index (χ4n) is 2.58. The predicted octanol–water partition coefficient (Wildman–Crippen LogP) is 0.522. The van der Waals surface area contributed by atoms with E-state index in [9.17, 15) is 9.59 Å². The van der Waals surface area contributed by atoms with Gasteiger partial charge < -0.3 is 25.4 Å². The normalized spacial score (nSPS) is 17.3. The lowest BCUT2D eigenvalue weighted by Crippen LogP contribution is -2.34. The van der Waals surface area contributed by atoms with Gasteiger partial charge in [0.05, 0.1) is 25.8 Å². The van der Waals surface area contributed by atoms with Crippen LogP contribution in [0.5, 0.6) is 11.5 Å². The van der Waals surface area contributed by atoms with Gasteiger partial charge in [0, 0.05) is 25.6 Å². The van der Waals surface area contributed by atoms with E-state index in [0.29, 0.717) is 36.8 Å². The molecule has 0 aliphatic carbocycles. The number of benzene rings is 1. The van der Waals surface area contributed by atoms with Crippen molar-refractivity contribution in [3.8, 4) is 11.5 Å². The molecule has 0 spiro atoms. The maximum atomic E-state index is 12.3. The summed E-state index contributed by atoms with van der Waals surface area (Å²) in [6, 6.07) is 5.25. The van der Waals surface area contributed by atoms with E-state index in [0.717, 1.165) is 6.42 Å². The van der Waals surface area contributed by atoms with Gasteiger partial charge in [0.2, 0.25) is 11.8 Å². The smallest absolute Gasteiger partial charge is 0.227 e. The fourth-order valence-corrected chi connectivity index (χ4v) is 2.58. The summed E-state index contributed by atoms with van der Waals surface area (Å²) in [5.74, 6) is 0.636. The summed E-state index contributed by atoms with van der Waals surface area (Å²) in [6.07, 6.45) is 0.923. The molecule has 1 aliphatic heterocycles. The van der Waals surface area contributed by atoms with Crippen molar-refractivity contribution in [3.63, 3.8) is 0 Å². The number of hydrogen-bond donors (Lipinski definition) is 2. The van der Waals surface area contributed by atoms with E-state index in [1.165, 1.54) is 7.11 Å². The number of hydrogen-bond acceptors (Lipinski definition) is 5. The molecule has 2 rings (SSSR count). The Balaban J connectivity index is 2.09. The molecule has 0 radical (unpaired) electrons. The molecule has 1 aromatic rings. The van der Waals surface area contributed by atoms with E-state index in [-0.39, 0.29) is 24.2 Å². The van der Waals surface area contributed by atoms with E-state index in [2.05, 4.69) is 5.32 Å². The molecule has 0 aromatic heterocycles. The minimum absolute atomic E-state index is 0.0903. The molecular formula is C16H23N3O4. The van der Waals surface area contributed by atoms with E-state index in [1.807, 2.05) is 0 Å². The molecular weight excluding hydrogens is 298 g/mol. The zero-order valence-electron chi connectivity index (χ0n) is 13.5. The number of anilines is 1. The number of nitrogens with zero attached hydrogens (tertiary/aromatic N) is 1. The van der Waals surface area contributed by atoms with Crippen molar-refractivity contribution in [1.82, 2.24) is 5.32 Å². The van der Waals surface area contributed by atoms with Crippen molar-refractivity contribution < 1.29 is 19.1 Å². The summed E-state index contributed by atoms with van der Waals surface area (Å²) in [5.41, 5.74) is 6.05. The van der Waals surface area contributed by atoms with Crippen LogP contribution in [-0.2, 0) is 9.59 Å². The Morgan fingerprint density at radius 2 is 2.17 bits per heavy atom. The summed E-state index contributed by atoms with van der Waals surface area (Å²) in [5, 5.41) is 2.82. The quantitative estimate of drug-likeness (QED) is 0.714. The number of methoxy groups -OCH3 is 2. The highest BCUT2D eigenvalue weighted by Crippen LogP contribution is 2.35. The standard InChI is InChI=1S/C16H23N3O4/c1-22-12-4-5-13(14(9-12)23-2)19-10-11(8-15(19)20)16(21)18-7-3-6-17/h4-5,9,11H,3,6-8,10,17H2,1-2H3,(H,18,21). The van der Waals surface area contributed by atoms with Gasteiger partial charge in [0.15, 0.2) is 0 Å². The highest BCUT2D eigenvalue weighted by Gasteiger charge is 2.36. The number of nitrogens with one attached hydrogen (secondary N) is 1. The van der Waals surface area contributed by atoms with Gasteiger partial charge in [-0.3, -0.25) is 9.59 Å². The van der Waals surface area contributed by atoms with Gasteiger partial charge in [-0.25, -0.2) is 0 Å². The monoisotopic (exact) mass is 321 g/mol. The average Bonchev–Trinajstić information content (AvgIpc) is 2.96. The molecule has 2 amide bonds. The zero-order chi connectivity index (χ0) is 16.8. The highest BCUT2D eigenvalue weighted by molar-refractivity contribution is 6.01. The first-order valence-electron chi connectivity index (χ1n) is 7.60. The third-order valence-corrected chi connectivity index (χ3v) is 3.85. The highest BCUT2D eigenvalue weighted by atomic mass is 16.5. The van der Waals surface area contributed by atoms with Gasteiger partial charge in [-0.15, -0.1) is 0 Å². The number of amides is 2. The van der Waals surface area contributed by atoms with Crippen molar-refractivity contribution in [2.75, 3.05) is 38.8 Å². The van der Waals surface area contributed by atoms with E-state index < -0.39 is 0 Å². The van der Waals surface area contributed by atoms with Crippen LogP contribution in [0.3, 0.4) is 0 Å². The Labute approximate surface area is 135 Å². The topological polar surface area (TPSA) is 93.9 Å². The molecule has 3 N–H and O–H groups in total. The maximum Gasteiger partial charge on any atom is 0.227 e. The second-order valence-corrected chi connectivity index (χ2v) is 5.38. The van der Waals surface area contributed by atoms with Crippen LogP contribution in [0.4, 0.5) is 5.69 Å². The first-order valence-corrected chi connectivity index (χ1v) is 7.60. The maximum absolute atomic E-state index is 12.3. The Hall–Kier alpha value is -2.28. The molecule has 7 nitrogen and oxygen atoms in total. The van der Waals surface area contributed by atoms with Crippen molar-refractivity contribution in [3.05, 3.63) is 18.2 Å². The molecule has 1 unspecified atom stereocenters. The third kappa shape index (κ3) is 3.92. The summed E-state index contributed by atoms with van der Waals surface area (Å²) in [7, 11) is 3.10. The summed E-state index contributed by atoms with van der Waals surface area (Å²) in [4.78, 5) is 26.0. The molecule has 0 bridgehead atoms. The van der Waals surface area contributed by atoms with E-state index in [4.69, 9.17) is 15.2 Å². The van der Waals surface area contributed by atoms with Crippen molar-refractivity contribution in [1.29, 1.82) is 0 Å². The Kier molecular flexibility index (Phi) is 5.81. The minimum atomic E-state index is -0.355. The van der Waals surface area contributed by atoms with Crippen LogP contribution in [0, 0.1) is 5.92 Å². The zero-order valence-corrected chi connectivity index (χ0v) is 13.5. The lowest BCUT2D eigenvalue weighted by atomic mass is 10.1. The van der Waals surface area contributed by atoms with E-state index in [1.54, 1.807) is 30.2 Å². The van der Waals surface area contributed by atoms with Gasteiger partial charge >= 0.3 is 0 Å². The van der Waals surface area contributed by atoms with Crippen LogP contribution in [0.15, 0.2) is 18.2 Å². The largest absolute Gasteiger partial charge is 0.497 e. The van der Waals surface area contributed by atoms with Crippen molar-refractivity contribution in [2.45, 2.75) is 12.8 Å². The first-order chi connectivity index (χ1) is 11.1. The summed E-state index contributed by atoms with van der Waals surface area (Å²) < 4.78 is 10.5. The van der Waals surface area contributed by atoms with Gasteiger partial charge in [-0.2, -0.15) is 0 Å². The van der Waals surface area contributed by atoms with Gasteiger partial charge in [0.1, 0.15) is 11.5 Å². The summed E-state index contributed by atoms with van der Waals surface area (Å²) in [6.45, 7) is 1.40. The number of nitrogens with two attached hydrogens (primary N) is 1. The molecule has 1 aliphatic rings. The lowest BCUT2D eigenvalue weighted by molar-refractivity contribution is -0.126. The fraction of sp³-hybridized carbons (Fsp3) is 0.500.